The maximum Gasteiger partial charge on any atom is 0.335 e. The summed E-state index contributed by atoms with van der Waals surface area (Å²) in [7, 11) is 0. The van der Waals surface area contributed by atoms with Crippen molar-refractivity contribution in [2.24, 2.45) is 0 Å². The quantitative estimate of drug-likeness (QED) is 0.904. The molecule has 5 heteroatoms. The monoisotopic (exact) mass is 280 g/mol. The number of benzene rings is 2. The Labute approximate surface area is 121 Å². The van der Waals surface area contributed by atoms with Gasteiger partial charge in [0.1, 0.15) is 0 Å². The van der Waals surface area contributed by atoms with Crippen LogP contribution in [0.15, 0.2) is 42.5 Å². The van der Waals surface area contributed by atoms with Gasteiger partial charge in [-0.2, -0.15) is 5.26 Å². The number of nitriles is 1. The predicted molar refractivity (Wildman–Crippen MR) is 77.2 cm³/mol. The molecule has 2 aromatic carbocycles. The van der Waals surface area contributed by atoms with Crippen LogP contribution in [0.4, 0.5) is 5.69 Å². The molecule has 0 aliphatic rings. The molecule has 0 spiro atoms. The second kappa shape index (κ2) is 5.88. The smallest absolute Gasteiger partial charge is 0.335 e. The molecule has 0 heterocycles. The van der Waals surface area contributed by atoms with E-state index in [1.54, 1.807) is 37.3 Å². The number of carboxylic acids is 1. The van der Waals surface area contributed by atoms with Crippen molar-refractivity contribution in [2.45, 2.75) is 6.92 Å². The van der Waals surface area contributed by atoms with Crippen LogP contribution in [0.25, 0.3) is 0 Å². The first-order chi connectivity index (χ1) is 10.0. The third-order valence-electron chi connectivity index (χ3n) is 2.99. The normalized spacial score (nSPS) is 9.71. The van der Waals surface area contributed by atoms with Gasteiger partial charge in [-0.15, -0.1) is 0 Å². The second-order valence-electron chi connectivity index (χ2n) is 4.48. The maximum absolute atomic E-state index is 12.0. The van der Waals surface area contributed by atoms with Crippen molar-refractivity contribution in [2.75, 3.05) is 5.32 Å². The highest BCUT2D eigenvalue weighted by molar-refractivity contribution is 6.04. The lowest BCUT2D eigenvalue weighted by molar-refractivity contribution is 0.0696. The topological polar surface area (TPSA) is 90.2 Å². The van der Waals surface area contributed by atoms with Gasteiger partial charge in [0.15, 0.2) is 0 Å². The number of nitrogens with one attached hydrogen (secondary N) is 1. The average molecular weight is 280 g/mol. The molecule has 0 saturated carbocycles. The van der Waals surface area contributed by atoms with E-state index in [1.165, 1.54) is 12.1 Å². The van der Waals surface area contributed by atoms with E-state index in [2.05, 4.69) is 5.32 Å². The minimum absolute atomic E-state index is 0.200. The Morgan fingerprint density at radius 3 is 2.33 bits per heavy atom. The number of hydrogen-bond acceptors (Lipinski definition) is 3. The molecule has 0 radical (unpaired) electrons. The van der Waals surface area contributed by atoms with E-state index in [0.717, 1.165) is 0 Å². The van der Waals surface area contributed by atoms with E-state index in [9.17, 15) is 9.59 Å². The van der Waals surface area contributed by atoms with Crippen molar-refractivity contribution < 1.29 is 14.7 Å². The van der Waals surface area contributed by atoms with Gasteiger partial charge in [0, 0.05) is 11.3 Å². The zero-order valence-electron chi connectivity index (χ0n) is 11.3. The van der Waals surface area contributed by atoms with Crippen LogP contribution in [-0.2, 0) is 0 Å². The van der Waals surface area contributed by atoms with Crippen molar-refractivity contribution in [1.29, 1.82) is 5.26 Å². The lowest BCUT2D eigenvalue weighted by Gasteiger charge is -2.08. The summed E-state index contributed by atoms with van der Waals surface area (Å²) >= 11 is 0. The van der Waals surface area contributed by atoms with E-state index in [-0.39, 0.29) is 11.5 Å². The van der Waals surface area contributed by atoms with Gasteiger partial charge in [-0.1, -0.05) is 0 Å². The van der Waals surface area contributed by atoms with Crippen molar-refractivity contribution in [3.8, 4) is 6.07 Å². The van der Waals surface area contributed by atoms with Crippen LogP contribution in [0.5, 0.6) is 0 Å². The van der Waals surface area contributed by atoms with Crippen molar-refractivity contribution in [1.82, 2.24) is 0 Å². The third-order valence-corrected chi connectivity index (χ3v) is 2.99. The summed E-state index contributed by atoms with van der Waals surface area (Å²) in [5.41, 5.74) is 2.19. The van der Waals surface area contributed by atoms with Crippen LogP contribution in [0.1, 0.15) is 31.8 Å². The molecular weight excluding hydrogens is 268 g/mol. The zero-order valence-corrected chi connectivity index (χ0v) is 11.3. The molecule has 1 amide bonds. The van der Waals surface area contributed by atoms with Crippen LogP contribution in [0.2, 0.25) is 0 Å². The molecule has 0 saturated heterocycles. The molecule has 0 aromatic heterocycles. The Morgan fingerprint density at radius 2 is 1.81 bits per heavy atom. The van der Waals surface area contributed by atoms with Crippen LogP contribution in [0.3, 0.4) is 0 Å². The zero-order chi connectivity index (χ0) is 15.4. The lowest BCUT2D eigenvalue weighted by atomic mass is 10.1. The highest BCUT2D eigenvalue weighted by Crippen LogP contribution is 2.16. The van der Waals surface area contributed by atoms with Gasteiger partial charge < -0.3 is 10.4 Å². The highest BCUT2D eigenvalue weighted by Gasteiger charge is 2.10. The number of aromatic carboxylic acids is 1. The van der Waals surface area contributed by atoms with Gasteiger partial charge in [0.05, 0.1) is 17.2 Å². The number of rotatable bonds is 3. The number of hydrogen-bond donors (Lipinski definition) is 2. The Kier molecular flexibility index (Phi) is 4.00. The third kappa shape index (κ3) is 3.25. The van der Waals surface area contributed by atoms with Gasteiger partial charge in [-0.05, 0) is 55.0 Å². The molecule has 2 N–H and O–H groups in total. The number of carbonyl (C=O) groups excluding carboxylic acids is 1. The average Bonchev–Trinajstić information content (AvgIpc) is 2.47. The summed E-state index contributed by atoms with van der Waals surface area (Å²) in [5.74, 6) is -1.32. The van der Waals surface area contributed by atoms with Gasteiger partial charge in [0.2, 0.25) is 0 Å². The van der Waals surface area contributed by atoms with Gasteiger partial charge in [0.25, 0.3) is 5.91 Å². The van der Waals surface area contributed by atoms with Crippen molar-refractivity contribution >= 4 is 17.6 Å². The molecule has 0 aliphatic heterocycles. The largest absolute Gasteiger partial charge is 0.478 e. The lowest BCUT2D eigenvalue weighted by Crippen LogP contribution is -2.12. The Bertz CT molecular complexity index is 743. The number of carbonyl (C=O) groups is 2. The fourth-order valence-corrected chi connectivity index (χ4v) is 1.88. The van der Waals surface area contributed by atoms with Crippen LogP contribution in [0, 0.1) is 18.3 Å². The van der Waals surface area contributed by atoms with Gasteiger partial charge in [-0.25, -0.2) is 4.79 Å². The fourth-order valence-electron chi connectivity index (χ4n) is 1.88. The number of carboxylic acid groups (broad SMARTS) is 1. The second-order valence-corrected chi connectivity index (χ2v) is 4.48. The van der Waals surface area contributed by atoms with Crippen LogP contribution in [-0.4, -0.2) is 17.0 Å². The Hall–Kier alpha value is -3.13. The molecule has 0 aliphatic carbocycles. The summed E-state index contributed by atoms with van der Waals surface area (Å²) in [5, 5.41) is 20.3. The molecule has 21 heavy (non-hydrogen) atoms. The molecule has 5 nitrogen and oxygen atoms in total. The first kappa shape index (κ1) is 14.3. The van der Waals surface area contributed by atoms with E-state index in [0.29, 0.717) is 22.4 Å². The Balaban J connectivity index is 2.17. The van der Waals surface area contributed by atoms with Crippen LogP contribution >= 0.6 is 0 Å². The Morgan fingerprint density at radius 1 is 1.14 bits per heavy atom. The molecular formula is C16H12N2O3. The van der Waals surface area contributed by atoms with Crippen molar-refractivity contribution in [3.05, 3.63) is 64.7 Å². The van der Waals surface area contributed by atoms with Crippen molar-refractivity contribution in [3.63, 3.8) is 0 Å². The number of amides is 1. The molecule has 0 bridgehead atoms. The molecule has 0 atom stereocenters. The summed E-state index contributed by atoms with van der Waals surface area (Å²) in [6, 6.07) is 12.8. The minimum atomic E-state index is -1.00. The van der Waals surface area contributed by atoms with E-state index < -0.39 is 5.97 Å². The van der Waals surface area contributed by atoms with Gasteiger partial charge >= 0.3 is 5.97 Å². The summed E-state index contributed by atoms with van der Waals surface area (Å²) in [6.45, 7) is 1.67. The molecule has 2 rings (SSSR count). The SMILES string of the molecule is Cc1cc(NC(=O)c2ccc(C#N)cc2)ccc1C(=O)O. The molecule has 2 aromatic rings. The molecule has 0 unspecified atom stereocenters. The highest BCUT2D eigenvalue weighted by atomic mass is 16.4. The number of anilines is 1. The fraction of sp³-hybridized carbons (Fsp3) is 0.0625. The first-order valence-electron chi connectivity index (χ1n) is 6.16. The molecule has 104 valence electrons. The van der Waals surface area contributed by atoms with E-state index in [4.69, 9.17) is 10.4 Å². The summed E-state index contributed by atoms with van der Waals surface area (Å²) < 4.78 is 0. The van der Waals surface area contributed by atoms with E-state index in [1.807, 2.05) is 6.07 Å². The minimum Gasteiger partial charge on any atom is -0.478 e. The van der Waals surface area contributed by atoms with Gasteiger partial charge in [-0.3, -0.25) is 4.79 Å². The predicted octanol–water partition coefficient (Wildman–Crippen LogP) is 2.82. The maximum atomic E-state index is 12.0. The first-order valence-corrected chi connectivity index (χ1v) is 6.16. The van der Waals surface area contributed by atoms with E-state index >= 15 is 0 Å². The number of aryl methyl sites for hydroxylation is 1. The number of nitrogens with zero attached hydrogens (tertiary/aromatic N) is 1. The summed E-state index contributed by atoms with van der Waals surface area (Å²) in [4.78, 5) is 23.0. The standard InChI is InChI=1S/C16H12N2O3/c1-10-8-13(6-7-14(10)16(20)21)18-15(19)12-4-2-11(9-17)3-5-12/h2-8H,1H3,(H,18,19)(H,20,21). The molecule has 0 fully saturated rings. The van der Waals surface area contributed by atoms with Crippen LogP contribution < -0.4 is 5.32 Å². The summed E-state index contributed by atoms with van der Waals surface area (Å²) in [6.07, 6.45) is 0.